The van der Waals surface area contributed by atoms with Gasteiger partial charge in [-0.15, -0.1) is 0 Å². The molecule has 0 aliphatic heterocycles. The van der Waals surface area contributed by atoms with Crippen molar-refractivity contribution in [1.29, 1.82) is 0 Å². The van der Waals surface area contributed by atoms with E-state index in [1.165, 1.54) is 37.1 Å². The van der Waals surface area contributed by atoms with Crippen molar-refractivity contribution in [2.24, 2.45) is 11.7 Å². The topological polar surface area (TPSA) is 108 Å². The van der Waals surface area contributed by atoms with Crippen LogP contribution in [0.25, 0.3) is 5.69 Å². The van der Waals surface area contributed by atoms with Crippen LogP contribution in [0.3, 0.4) is 0 Å². The molecule has 1 aromatic heterocycles. The van der Waals surface area contributed by atoms with E-state index in [0.717, 1.165) is 16.7 Å². The molecule has 214 valence electrons. The molecule has 7 nitrogen and oxygen atoms in total. The quantitative estimate of drug-likeness (QED) is 0.156. The van der Waals surface area contributed by atoms with Crippen molar-refractivity contribution in [2.45, 2.75) is 38.1 Å². The first kappa shape index (κ1) is 28.3. The number of rotatable bonds is 10. The van der Waals surface area contributed by atoms with E-state index in [4.69, 9.17) is 16.2 Å². The van der Waals surface area contributed by atoms with Crippen LogP contribution in [0.4, 0.5) is 28.9 Å². The van der Waals surface area contributed by atoms with E-state index in [0.29, 0.717) is 35.4 Å². The predicted octanol–water partition coefficient (Wildman–Crippen LogP) is 6.23. The Morgan fingerprint density at radius 1 is 1.05 bits per heavy atom. The van der Waals surface area contributed by atoms with E-state index in [1.54, 1.807) is 36.4 Å². The number of nitrogens with zero attached hydrogens (tertiary/aromatic N) is 2. The summed E-state index contributed by atoms with van der Waals surface area (Å²) >= 11 is 0. The summed E-state index contributed by atoms with van der Waals surface area (Å²) in [6.07, 6.45) is -2.18. The van der Waals surface area contributed by atoms with Gasteiger partial charge in [0.05, 0.1) is 11.4 Å². The van der Waals surface area contributed by atoms with Crippen LogP contribution in [0.15, 0.2) is 72.8 Å². The zero-order valence-corrected chi connectivity index (χ0v) is 22.0. The number of carbonyl (C=O) groups excluding carboxylic acids is 1. The van der Waals surface area contributed by atoms with E-state index in [1.807, 2.05) is 6.07 Å². The lowest BCUT2D eigenvalue weighted by molar-refractivity contribution is -0.141. The highest BCUT2D eigenvalue weighted by Gasteiger charge is 2.36. The summed E-state index contributed by atoms with van der Waals surface area (Å²) in [5.74, 6) is -1.10. The Bertz CT molecular complexity index is 1550. The molecule has 5 N–H and O–H groups in total. The fourth-order valence-corrected chi connectivity index (χ4v) is 4.55. The van der Waals surface area contributed by atoms with Gasteiger partial charge in [-0.2, -0.15) is 18.3 Å². The molecule has 1 unspecified atom stereocenters. The Morgan fingerprint density at radius 3 is 2.51 bits per heavy atom. The van der Waals surface area contributed by atoms with Crippen LogP contribution >= 0.6 is 0 Å². The van der Waals surface area contributed by atoms with Crippen molar-refractivity contribution in [3.63, 3.8) is 0 Å². The van der Waals surface area contributed by atoms with Gasteiger partial charge in [-0.05, 0) is 65.4 Å². The normalized spacial score (nSPS) is 14.2. The van der Waals surface area contributed by atoms with Crippen molar-refractivity contribution < 1.29 is 27.1 Å². The lowest BCUT2D eigenvalue weighted by Gasteiger charge is -2.20. The molecule has 0 radical (unpaired) electrons. The van der Waals surface area contributed by atoms with Gasteiger partial charge in [0, 0.05) is 24.9 Å². The summed E-state index contributed by atoms with van der Waals surface area (Å²) in [7, 11) is 0. The lowest BCUT2D eigenvalue weighted by Crippen LogP contribution is -2.18. The van der Waals surface area contributed by atoms with E-state index in [-0.39, 0.29) is 17.9 Å². The van der Waals surface area contributed by atoms with Gasteiger partial charge in [-0.3, -0.25) is 4.79 Å². The lowest BCUT2D eigenvalue weighted by atomic mass is 10.00. The average Bonchev–Trinajstić information content (AvgIpc) is 3.65. The van der Waals surface area contributed by atoms with Gasteiger partial charge in [-0.1, -0.05) is 43.2 Å². The van der Waals surface area contributed by atoms with Gasteiger partial charge in [0.25, 0.3) is 5.91 Å². The molecule has 41 heavy (non-hydrogen) atoms. The van der Waals surface area contributed by atoms with Crippen molar-refractivity contribution in [1.82, 2.24) is 9.78 Å². The van der Waals surface area contributed by atoms with Crippen LogP contribution in [0.2, 0.25) is 0 Å². The van der Waals surface area contributed by atoms with Crippen molar-refractivity contribution >= 4 is 17.3 Å². The summed E-state index contributed by atoms with van der Waals surface area (Å²) in [5.41, 5.74) is 12.4. The van der Waals surface area contributed by atoms with Crippen LogP contribution in [0.1, 0.15) is 58.2 Å². The maximum Gasteiger partial charge on any atom is 0.435 e. The third-order valence-corrected chi connectivity index (χ3v) is 6.89. The number of carbonyl (C=O) groups is 1. The zero-order chi connectivity index (χ0) is 29.1. The number of nitrogens with two attached hydrogens (primary N) is 2. The number of nitrogens with one attached hydrogen (secondary N) is 1. The standard InChI is InChI=1S/C30H29F4N5O2/c31-24-10-9-21(28(41-12-11-18-7-8-18)20-4-2-5-22(36)14-20)15-25(24)37-29(40)26-16-27(30(32,33)34)38-39(26)23-6-1-3-19(13-23)17-35/h1-6,9-10,13-16,18,28H,7-8,11-12,17,35-36H2,(H,37,40). The number of benzene rings is 3. The summed E-state index contributed by atoms with van der Waals surface area (Å²) in [6, 6.07) is 18.2. The Morgan fingerprint density at radius 2 is 1.80 bits per heavy atom. The number of anilines is 2. The second kappa shape index (κ2) is 11.7. The molecule has 1 atom stereocenters. The monoisotopic (exact) mass is 567 g/mol. The number of halogens is 4. The van der Waals surface area contributed by atoms with Crippen LogP contribution in [0.5, 0.6) is 0 Å². The van der Waals surface area contributed by atoms with Gasteiger partial charge in [-0.25, -0.2) is 9.07 Å². The molecule has 0 saturated heterocycles. The number of hydrogen-bond donors (Lipinski definition) is 3. The van der Waals surface area contributed by atoms with Crippen molar-refractivity contribution in [3.05, 3.63) is 107 Å². The third-order valence-electron chi connectivity index (χ3n) is 6.89. The fourth-order valence-electron chi connectivity index (χ4n) is 4.55. The molecule has 0 bridgehead atoms. The van der Waals surface area contributed by atoms with E-state index in [9.17, 15) is 22.4 Å². The van der Waals surface area contributed by atoms with Crippen LogP contribution in [-0.4, -0.2) is 22.3 Å². The number of ether oxygens (including phenoxy) is 1. The summed E-state index contributed by atoms with van der Waals surface area (Å²) in [5, 5.41) is 6.05. The maximum absolute atomic E-state index is 15.0. The second-order valence-corrected chi connectivity index (χ2v) is 10.0. The Balaban J connectivity index is 1.47. The number of alkyl halides is 3. The average molecular weight is 568 g/mol. The predicted molar refractivity (Wildman–Crippen MR) is 147 cm³/mol. The molecular formula is C30H29F4N5O2. The van der Waals surface area contributed by atoms with Gasteiger partial charge in [0.2, 0.25) is 0 Å². The molecule has 5 rings (SSSR count). The minimum atomic E-state index is -4.81. The van der Waals surface area contributed by atoms with Crippen LogP contribution < -0.4 is 16.8 Å². The first-order valence-electron chi connectivity index (χ1n) is 13.2. The number of hydrogen-bond acceptors (Lipinski definition) is 5. The summed E-state index contributed by atoms with van der Waals surface area (Å²) in [6.45, 7) is 0.613. The molecular weight excluding hydrogens is 538 g/mol. The Labute approximate surface area is 234 Å². The molecule has 1 fully saturated rings. The molecule has 1 saturated carbocycles. The number of amides is 1. The first-order chi connectivity index (χ1) is 19.6. The smallest absolute Gasteiger partial charge is 0.399 e. The summed E-state index contributed by atoms with van der Waals surface area (Å²) in [4.78, 5) is 13.3. The van der Waals surface area contributed by atoms with E-state index < -0.39 is 35.4 Å². The zero-order valence-electron chi connectivity index (χ0n) is 22.0. The SMILES string of the molecule is NCc1cccc(-n2nc(C(F)(F)F)cc2C(=O)Nc2cc(C(OCCC3CC3)c3cccc(N)c3)ccc2F)c1. The Kier molecular flexibility index (Phi) is 8.09. The van der Waals surface area contributed by atoms with Crippen LogP contribution in [0, 0.1) is 11.7 Å². The van der Waals surface area contributed by atoms with Gasteiger partial charge >= 0.3 is 6.18 Å². The largest absolute Gasteiger partial charge is 0.435 e. The van der Waals surface area contributed by atoms with Gasteiger partial charge < -0.3 is 21.5 Å². The van der Waals surface area contributed by atoms with E-state index >= 15 is 0 Å². The molecule has 3 aromatic carbocycles. The Hall–Kier alpha value is -4.22. The minimum Gasteiger partial charge on any atom is -0.399 e. The van der Waals surface area contributed by atoms with Gasteiger partial charge in [0.15, 0.2) is 5.69 Å². The third kappa shape index (κ3) is 6.75. The molecule has 1 aliphatic rings. The van der Waals surface area contributed by atoms with Gasteiger partial charge in [0.1, 0.15) is 17.6 Å². The number of nitrogen functional groups attached to an aromatic ring is 1. The molecule has 1 amide bonds. The summed E-state index contributed by atoms with van der Waals surface area (Å²) < 4.78 is 62.8. The highest BCUT2D eigenvalue weighted by molar-refractivity contribution is 6.03. The first-order valence-corrected chi connectivity index (χ1v) is 13.2. The fraction of sp³-hybridized carbons (Fsp3) is 0.267. The molecule has 1 aliphatic carbocycles. The van der Waals surface area contributed by atoms with Crippen molar-refractivity contribution in [3.8, 4) is 5.69 Å². The molecule has 4 aromatic rings. The highest BCUT2D eigenvalue weighted by Crippen LogP contribution is 2.35. The van der Waals surface area contributed by atoms with Crippen LogP contribution in [-0.2, 0) is 17.5 Å². The van der Waals surface area contributed by atoms with Crippen molar-refractivity contribution in [2.75, 3.05) is 17.7 Å². The second-order valence-electron chi connectivity index (χ2n) is 10.0. The van der Waals surface area contributed by atoms with E-state index in [2.05, 4.69) is 10.4 Å². The molecule has 11 heteroatoms. The number of aromatic nitrogens is 2. The molecule has 0 spiro atoms. The highest BCUT2D eigenvalue weighted by atomic mass is 19.4. The molecule has 1 heterocycles. The minimum absolute atomic E-state index is 0.137. The maximum atomic E-state index is 15.0.